The number of hydrogen-bond donors (Lipinski definition) is 20. The molecule has 2 fully saturated rings. The molecule has 21 N–H and O–H groups in total. The Balaban J connectivity index is 1.10. The number of aromatic nitrogens is 2. The smallest absolute Gasteiger partial charge is 0.326 e. The largest absolute Gasteiger partial charge is 0.508 e. The number of thioether (sulfide) groups is 1. The first-order valence-electron chi connectivity index (χ1n) is 45.2. The van der Waals surface area contributed by atoms with Crippen LogP contribution in [0.5, 0.6) is 11.5 Å². The Morgan fingerprint density at radius 2 is 0.985 bits per heavy atom. The number of aromatic hydroxyl groups is 2. The molecule has 2 aliphatic heterocycles. The summed E-state index contributed by atoms with van der Waals surface area (Å²) in [5.41, 5.74) is 6.97. The second-order valence-electron chi connectivity index (χ2n) is 34.3. The molecule has 3 unspecified atom stereocenters. The van der Waals surface area contributed by atoms with Gasteiger partial charge in [-0.2, -0.15) is 11.8 Å². The highest BCUT2D eigenvalue weighted by atomic mass is 33.1. The Hall–Kier alpha value is -11.9. The summed E-state index contributed by atoms with van der Waals surface area (Å²) in [6.45, 7) is 11.0. The van der Waals surface area contributed by atoms with Gasteiger partial charge < -0.3 is 115 Å². The molecule has 135 heavy (non-hydrogen) atoms. The van der Waals surface area contributed by atoms with Crippen LogP contribution in [-0.4, -0.2) is 272 Å². The summed E-state index contributed by atoms with van der Waals surface area (Å²) >= 11 is 1.91. The van der Waals surface area contributed by atoms with E-state index in [0.717, 1.165) is 37.9 Å². The first kappa shape index (κ1) is 112. The zero-order valence-corrected chi connectivity index (χ0v) is 79.7. The lowest BCUT2D eigenvalue weighted by Crippen LogP contribution is -2.61. The molecule has 0 radical (unpaired) electrons. The SMILES string of the molecule is CCCCC[C@H](NC(=O)CNC(=O)[C@@H](NC(=O)[C@H](CC(C)C)NC(=O)[C@H](Cc1ccc(O)cc1)NC(=O)[C@H](CC(=O)O)NC(=O)[C@H](Cc1ccc(O)cc1)NC(=O)[C@H](CC(N)=O)NC(=O)[C@H](Cc1cnc[nH]1)NC(=O)CNC(=O)[C@H](Cc1ccccc1)NC(=O)[C@@H](NC(=O)[C@H](CSSC)NC(=O)CCOCCOCCCC(=O)CCCCC1SCC2CC(=O)NC21)C(C)C)C(C)C)C(=O)O. The van der Waals surface area contributed by atoms with E-state index in [0.29, 0.717) is 61.0 Å². The van der Waals surface area contributed by atoms with E-state index in [1.54, 1.807) is 78.1 Å². The van der Waals surface area contributed by atoms with E-state index in [2.05, 4.69) is 84.4 Å². The van der Waals surface area contributed by atoms with Crippen LogP contribution in [-0.2, 0) is 121 Å². The number of aliphatic carboxylic acids is 2. The standard InChI is InChI=1S/C91H131N17O24S3/c1-9-10-12-22-62(91(129)130)97-75(115)47-95-89(127)78(52(4)5)107-87(125)63(37-51(2)3)100-82(120)65(39-55-24-28-60(110)29-25-55)102-86(124)69(44-77(117)118)104-83(121)66(40-56-26-30-61(111)31-27-56)101-85(123)68(43-72(92)112)103-84(122)67(42-58-45-93-50-96-58)98-76(116)46-94-81(119)64(38-54-18-13-11-14-19-54)105-90(128)79(53(6)7)108-88(126)70(49-135-133-8)99-73(113)32-34-132-36-35-131-33-17-21-59(109)20-15-16-23-71-80-57(48-134-71)41-74(114)106-80/h11,13-14,18-19,24-31,45,50-53,57,62-71,78-80,110-111H,9-10,12,15-17,20-23,32-44,46-49H2,1-8H3,(H2,92,112)(H,93,96)(H,94,119)(H,95,127)(H,97,115)(H,98,116)(H,99,113)(H,100,120)(H,101,123)(H,102,124)(H,103,122)(H,104,121)(H,105,128)(H,106,114)(H,107,125)(H,108,126)(H,117,118)(H,129,130)/t57?,62-,63-,64-,65-,66-,67-,68-,69-,70-,71?,78-,79-,80?/m0/s1. The average Bonchev–Trinajstić information content (AvgIpc) is 1.67. The van der Waals surface area contributed by atoms with Crippen molar-refractivity contribution < 1.29 is 116 Å². The van der Waals surface area contributed by atoms with Crippen molar-refractivity contribution in [3.63, 3.8) is 0 Å². The number of nitrogens with zero attached hydrogens (tertiary/aromatic N) is 1. The number of unbranched alkanes of at least 4 members (excludes halogenated alkanes) is 3. The van der Waals surface area contributed by atoms with Gasteiger partial charge in [0.15, 0.2) is 0 Å². The minimum Gasteiger partial charge on any atom is -0.508 e. The number of nitrogens with two attached hydrogens (primary N) is 1. The number of aromatic amines is 1. The summed E-state index contributed by atoms with van der Waals surface area (Å²) in [7, 11) is 2.61. The van der Waals surface area contributed by atoms with Gasteiger partial charge >= 0.3 is 11.9 Å². The number of Topliss-reactive ketones (excluding diaryl/α,β-unsaturated/α-hetero) is 1. The van der Waals surface area contributed by atoms with Gasteiger partial charge in [0.2, 0.25) is 88.6 Å². The number of benzene rings is 3. The van der Waals surface area contributed by atoms with Crippen molar-refractivity contribution in [3.05, 3.63) is 114 Å². The van der Waals surface area contributed by atoms with E-state index < -0.39 is 218 Å². The Bertz CT molecular complexity index is 4600. The number of carbonyl (C=O) groups excluding carboxylic acids is 16. The molecule has 0 spiro atoms. The van der Waals surface area contributed by atoms with Gasteiger partial charge in [0, 0.05) is 86.9 Å². The van der Waals surface area contributed by atoms with Gasteiger partial charge in [-0.1, -0.05) is 150 Å². The van der Waals surface area contributed by atoms with Crippen molar-refractivity contribution in [2.75, 3.05) is 57.3 Å². The monoisotopic (exact) mass is 1940 g/mol. The number of H-pyrrole nitrogens is 1. The van der Waals surface area contributed by atoms with E-state index in [1.807, 2.05) is 18.7 Å². The molecule has 2 aliphatic rings. The molecule has 44 heteroatoms. The molecule has 4 aromatic rings. The predicted molar refractivity (Wildman–Crippen MR) is 502 cm³/mol. The molecule has 41 nitrogen and oxygen atoms in total. The Labute approximate surface area is 796 Å². The number of imidazole rings is 1. The van der Waals surface area contributed by atoms with E-state index in [9.17, 15) is 107 Å². The Morgan fingerprint density at radius 1 is 0.504 bits per heavy atom. The second-order valence-corrected chi connectivity index (χ2v) is 38.2. The van der Waals surface area contributed by atoms with E-state index in [-0.39, 0.29) is 97.7 Å². The van der Waals surface area contributed by atoms with Crippen molar-refractivity contribution in [1.29, 1.82) is 0 Å². The molecule has 0 saturated carbocycles. The molecule has 15 amide bonds. The number of carboxylic acids is 2. The third kappa shape index (κ3) is 41.5. The highest BCUT2D eigenvalue weighted by Gasteiger charge is 2.44. The third-order valence-electron chi connectivity index (χ3n) is 22.0. The lowest BCUT2D eigenvalue weighted by atomic mass is 9.97. The summed E-state index contributed by atoms with van der Waals surface area (Å²) in [5.74, 6) is -17.0. The summed E-state index contributed by atoms with van der Waals surface area (Å²) < 4.78 is 11.3. The van der Waals surface area contributed by atoms with Crippen LogP contribution < -0.4 is 80.2 Å². The third-order valence-corrected chi connectivity index (χ3v) is 25.4. The number of primary amides is 1. The number of carboxylic acid groups (broad SMARTS) is 2. The van der Waals surface area contributed by atoms with Gasteiger partial charge in [-0.05, 0) is 109 Å². The predicted octanol–water partition coefficient (Wildman–Crippen LogP) is 0.994. The van der Waals surface area contributed by atoms with Crippen LogP contribution in [0.1, 0.15) is 167 Å². The number of phenols is 2. The van der Waals surface area contributed by atoms with Gasteiger partial charge in [-0.3, -0.25) is 81.5 Å². The number of amides is 15. The van der Waals surface area contributed by atoms with Gasteiger partial charge in [-0.15, -0.1) is 0 Å². The topological polar surface area (TPSA) is 630 Å². The molecule has 6 rings (SSSR count). The lowest BCUT2D eigenvalue weighted by molar-refractivity contribution is -0.142. The number of carbonyl (C=O) groups is 18. The van der Waals surface area contributed by atoms with Crippen molar-refractivity contribution in [2.24, 2.45) is 29.4 Å². The summed E-state index contributed by atoms with van der Waals surface area (Å²) in [4.78, 5) is 254. The van der Waals surface area contributed by atoms with Crippen molar-refractivity contribution in [1.82, 2.24) is 84.4 Å². The zero-order valence-electron chi connectivity index (χ0n) is 77.3. The number of ketones is 1. The Kier molecular flexibility index (Phi) is 48.9. The fraction of sp³-hybridized carbons (Fsp3) is 0.571. The minimum absolute atomic E-state index is 0.00963. The number of hydrogen-bond acceptors (Lipinski definition) is 26. The van der Waals surface area contributed by atoms with Crippen LogP contribution in [0.2, 0.25) is 0 Å². The number of ether oxygens (including phenoxy) is 2. The van der Waals surface area contributed by atoms with Crippen LogP contribution >= 0.6 is 33.3 Å². The summed E-state index contributed by atoms with van der Waals surface area (Å²) in [6.07, 6.45) is 7.37. The maximum Gasteiger partial charge on any atom is 0.326 e. The van der Waals surface area contributed by atoms with E-state index in [4.69, 9.17) is 15.2 Å². The van der Waals surface area contributed by atoms with Crippen molar-refractivity contribution in [3.8, 4) is 11.5 Å². The zero-order chi connectivity index (χ0) is 99.2. The molecule has 742 valence electrons. The number of rotatable bonds is 64. The van der Waals surface area contributed by atoms with Gasteiger partial charge in [-0.25, -0.2) is 9.78 Å². The molecule has 14 atom stereocenters. The number of nitrogens with one attached hydrogen (secondary N) is 15. The Morgan fingerprint density at radius 3 is 1.52 bits per heavy atom. The molecular weight excluding hydrogens is 1810 g/mol. The summed E-state index contributed by atoms with van der Waals surface area (Å²) in [6, 6.07) is 1.87. The van der Waals surface area contributed by atoms with Crippen LogP contribution in [0.15, 0.2) is 91.4 Å². The van der Waals surface area contributed by atoms with Crippen LogP contribution in [0, 0.1) is 23.7 Å². The first-order chi connectivity index (χ1) is 64.3. The number of phenolic OH excluding ortho intramolecular Hbond substituents is 2. The summed E-state index contributed by atoms with van der Waals surface area (Å²) in [5, 5.41) is 76.6. The molecule has 0 bridgehead atoms. The fourth-order valence-electron chi connectivity index (χ4n) is 14.8. The molecule has 3 heterocycles. The molecule has 1 aromatic heterocycles. The van der Waals surface area contributed by atoms with Crippen LogP contribution in [0.4, 0.5) is 0 Å². The van der Waals surface area contributed by atoms with Gasteiger partial charge in [0.1, 0.15) is 83.7 Å². The second kappa shape index (κ2) is 59.1. The highest BCUT2D eigenvalue weighted by molar-refractivity contribution is 8.76. The quantitative estimate of drug-likeness (QED) is 0.0216. The minimum atomic E-state index is -2.11. The fourth-order valence-corrected chi connectivity index (χ4v) is 17.8. The lowest BCUT2D eigenvalue weighted by Gasteiger charge is -2.28. The molecule has 2 saturated heterocycles. The molecule has 3 aromatic carbocycles. The van der Waals surface area contributed by atoms with Crippen LogP contribution in [0.25, 0.3) is 0 Å². The van der Waals surface area contributed by atoms with E-state index >= 15 is 0 Å². The van der Waals surface area contributed by atoms with Gasteiger partial charge in [0.05, 0.1) is 52.1 Å². The normalized spacial score (nSPS) is 16.3. The van der Waals surface area contributed by atoms with Crippen LogP contribution in [0.3, 0.4) is 0 Å². The maximum atomic E-state index is 14.8. The maximum absolute atomic E-state index is 14.8. The van der Waals surface area contributed by atoms with Crippen molar-refractivity contribution in [2.45, 2.75) is 248 Å². The highest BCUT2D eigenvalue weighted by Crippen LogP contribution is 2.39. The van der Waals surface area contributed by atoms with Crippen molar-refractivity contribution >= 4 is 140 Å². The number of fused-ring (bicyclic) bond motifs is 1. The molecule has 0 aliphatic carbocycles. The first-order valence-corrected chi connectivity index (χ1v) is 49.0. The molecular formula is C91H131N17O24S3. The van der Waals surface area contributed by atoms with Gasteiger partial charge in [0.25, 0.3) is 0 Å². The van der Waals surface area contributed by atoms with E-state index in [1.165, 1.54) is 82.6 Å². The average molecular weight is 1940 g/mol.